The molecule has 2 atom stereocenters. The maximum Gasteiger partial charge on any atom is 0.0526 e. The second-order valence-electron chi connectivity index (χ2n) is 5.88. The van der Waals surface area contributed by atoms with Crippen LogP contribution in [0.15, 0.2) is 30.3 Å². The standard InChI is InChI=1S/C17H28N2/c1-3-15-9-8-12-17(13-15,14-18)19(4-2)16-10-6-5-7-11-16/h5-7,10-11,15H,3-4,8-9,12-14,18H2,1-2H3. The SMILES string of the molecule is CCC1CCCC(CN)(N(CC)c2ccccc2)C1. The summed E-state index contributed by atoms with van der Waals surface area (Å²) in [6.45, 7) is 6.37. The Hall–Kier alpha value is -1.02. The molecule has 1 aliphatic rings. The van der Waals surface area contributed by atoms with E-state index in [1.807, 2.05) is 0 Å². The fourth-order valence-corrected chi connectivity index (χ4v) is 3.75. The summed E-state index contributed by atoms with van der Waals surface area (Å²) >= 11 is 0. The van der Waals surface area contributed by atoms with E-state index in [4.69, 9.17) is 5.73 Å². The Morgan fingerprint density at radius 3 is 2.58 bits per heavy atom. The highest BCUT2D eigenvalue weighted by Gasteiger charge is 2.39. The molecule has 0 radical (unpaired) electrons. The van der Waals surface area contributed by atoms with Crippen LogP contribution in [0.5, 0.6) is 0 Å². The van der Waals surface area contributed by atoms with Crippen LogP contribution in [0.4, 0.5) is 5.69 Å². The summed E-state index contributed by atoms with van der Waals surface area (Å²) in [4.78, 5) is 2.55. The van der Waals surface area contributed by atoms with Crippen molar-refractivity contribution >= 4 is 5.69 Å². The van der Waals surface area contributed by atoms with Crippen LogP contribution in [0.1, 0.15) is 46.0 Å². The predicted octanol–water partition coefficient (Wildman–Crippen LogP) is 3.81. The van der Waals surface area contributed by atoms with E-state index in [0.717, 1.165) is 19.0 Å². The summed E-state index contributed by atoms with van der Waals surface area (Å²) in [5.74, 6) is 0.843. The molecule has 106 valence electrons. The molecule has 0 spiro atoms. The van der Waals surface area contributed by atoms with E-state index in [2.05, 4.69) is 49.1 Å². The van der Waals surface area contributed by atoms with Crippen LogP contribution in [0.3, 0.4) is 0 Å². The summed E-state index contributed by atoms with van der Waals surface area (Å²) in [5, 5.41) is 0. The third-order valence-electron chi connectivity index (χ3n) is 4.84. The van der Waals surface area contributed by atoms with E-state index in [0.29, 0.717) is 0 Å². The molecule has 0 amide bonds. The molecule has 1 aromatic carbocycles. The number of rotatable bonds is 5. The first-order valence-corrected chi connectivity index (χ1v) is 7.78. The highest BCUT2D eigenvalue weighted by Crippen LogP contribution is 2.39. The molecule has 1 fully saturated rings. The second kappa shape index (κ2) is 6.42. The summed E-state index contributed by atoms with van der Waals surface area (Å²) in [5.41, 5.74) is 7.73. The monoisotopic (exact) mass is 260 g/mol. The maximum absolute atomic E-state index is 6.23. The molecule has 2 heteroatoms. The molecule has 0 aromatic heterocycles. The first-order chi connectivity index (χ1) is 9.25. The quantitative estimate of drug-likeness (QED) is 0.872. The molecule has 1 aliphatic carbocycles. The number of anilines is 1. The smallest absolute Gasteiger partial charge is 0.0526 e. The number of benzene rings is 1. The number of nitrogens with zero attached hydrogens (tertiary/aromatic N) is 1. The molecule has 0 bridgehead atoms. The largest absolute Gasteiger partial charge is 0.365 e. The zero-order valence-electron chi connectivity index (χ0n) is 12.4. The lowest BCUT2D eigenvalue weighted by Gasteiger charge is -2.49. The van der Waals surface area contributed by atoms with Gasteiger partial charge in [0.2, 0.25) is 0 Å². The number of hydrogen-bond donors (Lipinski definition) is 1. The lowest BCUT2D eigenvalue weighted by molar-refractivity contribution is 0.213. The van der Waals surface area contributed by atoms with Gasteiger partial charge in [-0.3, -0.25) is 0 Å². The van der Waals surface area contributed by atoms with Crippen LogP contribution in [0.2, 0.25) is 0 Å². The molecule has 0 saturated heterocycles. The van der Waals surface area contributed by atoms with Gasteiger partial charge in [0.1, 0.15) is 0 Å². The van der Waals surface area contributed by atoms with Gasteiger partial charge in [0, 0.05) is 18.8 Å². The molecule has 1 aromatic rings. The summed E-state index contributed by atoms with van der Waals surface area (Å²) in [6, 6.07) is 10.8. The Kier molecular flexibility index (Phi) is 4.87. The van der Waals surface area contributed by atoms with Gasteiger partial charge in [0.05, 0.1) is 5.54 Å². The van der Waals surface area contributed by atoms with Crippen LogP contribution in [0.25, 0.3) is 0 Å². The van der Waals surface area contributed by atoms with E-state index in [9.17, 15) is 0 Å². The van der Waals surface area contributed by atoms with Crippen molar-refractivity contribution in [3.05, 3.63) is 30.3 Å². The van der Waals surface area contributed by atoms with Crippen molar-refractivity contribution in [2.24, 2.45) is 11.7 Å². The Morgan fingerprint density at radius 2 is 2.00 bits per heavy atom. The van der Waals surface area contributed by atoms with E-state index in [1.54, 1.807) is 0 Å². The summed E-state index contributed by atoms with van der Waals surface area (Å²) < 4.78 is 0. The first kappa shape index (κ1) is 14.4. The normalized spacial score (nSPS) is 27.2. The summed E-state index contributed by atoms with van der Waals surface area (Å²) in [6.07, 6.45) is 6.48. The zero-order valence-corrected chi connectivity index (χ0v) is 12.4. The van der Waals surface area contributed by atoms with Crippen LogP contribution >= 0.6 is 0 Å². The van der Waals surface area contributed by atoms with Crippen molar-refractivity contribution in [2.45, 2.75) is 51.5 Å². The average Bonchev–Trinajstić information content (AvgIpc) is 2.49. The fraction of sp³-hybridized carbons (Fsp3) is 0.647. The van der Waals surface area contributed by atoms with E-state index in [-0.39, 0.29) is 5.54 Å². The average molecular weight is 260 g/mol. The fourth-order valence-electron chi connectivity index (χ4n) is 3.75. The number of para-hydroxylation sites is 1. The van der Waals surface area contributed by atoms with Crippen molar-refractivity contribution in [3.63, 3.8) is 0 Å². The molecule has 2 unspecified atom stereocenters. The van der Waals surface area contributed by atoms with Gasteiger partial charge in [-0.05, 0) is 37.8 Å². The van der Waals surface area contributed by atoms with Gasteiger partial charge in [-0.25, -0.2) is 0 Å². The van der Waals surface area contributed by atoms with Crippen molar-refractivity contribution in [1.29, 1.82) is 0 Å². The third-order valence-corrected chi connectivity index (χ3v) is 4.84. The molecule has 19 heavy (non-hydrogen) atoms. The minimum absolute atomic E-state index is 0.176. The van der Waals surface area contributed by atoms with Gasteiger partial charge in [0.25, 0.3) is 0 Å². The molecular formula is C17H28N2. The van der Waals surface area contributed by atoms with Gasteiger partial charge in [-0.1, -0.05) is 44.4 Å². The van der Waals surface area contributed by atoms with E-state index < -0.39 is 0 Å². The predicted molar refractivity (Wildman–Crippen MR) is 83.5 cm³/mol. The second-order valence-corrected chi connectivity index (χ2v) is 5.88. The van der Waals surface area contributed by atoms with Crippen LogP contribution in [-0.2, 0) is 0 Å². The van der Waals surface area contributed by atoms with Crippen LogP contribution in [-0.4, -0.2) is 18.6 Å². The van der Waals surface area contributed by atoms with Gasteiger partial charge in [0.15, 0.2) is 0 Å². The van der Waals surface area contributed by atoms with Crippen molar-refractivity contribution < 1.29 is 0 Å². The first-order valence-electron chi connectivity index (χ1n) is 7.78. The Balaban J connectivity index is 2.27. The highest BCUT2D eigenvalue weighted by molar-refractivity contribution is 5.49. The summed E-state index contributed by atoms with van der Waals surface area (Å²) in [7, 11) is 0. The van der Waals surface area contributed by atoms with Gasteiger partial charge >= 0.3 is 0 Å². The van der Waals surface area contributed by atoms with Gasteiger partial charge in [-0.2, -0.15) is 0 Å². The number of likely N-dealkylation sites (N-methyl/N-ethyl adjacent to an activating group) is 1. The molecular weight excluding hydrogens is 232 g/mol. The highest BCUT2D eigenvalue weighted by atomic mass is 15.2. The van der Waals surface area contributed by atoms with Crippen LogP contribution in [0, 0.1) is 5.92 Å². The van der Waals surface area contributed by atoms with Crippen molar-refractivity contribution in [3.8, 4) is 0 Å². The van der Waals surface area contributed by atoms with Gasteiger partial charge < -0.3 is 10.6 Å². The van der Waals surface area contributed by atoms with E-state index >= 15 is 0 Å². The Bertz CT molecular complexity index is 376. The lowest BCUT2D eigenvalue weighted by atomic mass is 9.73. The van der Waals surface area contributed by atoms with Crippen molar-refractivity contribution in [1.82, 2.24) is 0 Å². The minimum atomic E-state index is 0.176. The molecule has 0 aliphatic heterocycles. The maximum atomic E-state index is 6.23. The molecule has 1 saturated carbocycles. The molecule has 2 rings (SSSR count). The van der Waals surface area contributed by atoms with Gasteiger partial charge in [-0.15, -0.1) is 0 Å². The minimum Gasteiger partial charge on any atom is -0.365 e. The Labute approximate surface area is 118 Å². The molecule has 2 nitrogen and oxygen atoms in total. The third kappa shape index (κ3) is 2.94. The number of nitrogens with two attached hydrogens (primary N) is 1. The van der Waals surface area contributed by atoms with Crippen LogP contribution < -0.4 is 10.6 Å². The molecule has 2 N–H and O–H groups in total. The Morgan fingerprint density at radius 1 is 1.26 bits per heavy atom. The number of hydrogen-bond acceptors (Lipinski definition) is 2. The zero-order chi connectivity index (χ0) is 13.7. The lowest BCUT2D eigenvalue weighted by Crippen LogP contribution is -2.56. The van der Waals surface area contributed by atoms with Crippen molar-refractivity contribution in [2.75, 3.05) is 18.0 Å². The topological polar surface area (TPSA) is 29.3 Å². The molecule has 0 heterocycles. The van der Waals surface area contributed by atoms with E-state index in [1.165, 1.54) is 37.8 Å².